The Bertz CT molecular complexity index is 1500. The van der Waals surface area contributed by atoms with Crippen molar-refractivity contribution in [1.82, 2.24) is 9.88 Å². The van der Waals surface area contributed by atoms with Gasteiger partial charge in [-0.2, -0.15) is 0 Å². The molecule has 35 heavy (non-hydrogen) atoms. The number of hydrogen-bond donors (Lipinski definition) is 2. The number of phenols is 1. The second-order valence-corrected chi connectivity index (χ2v) is 10.7. The fourth-order valence-electron chi connectivity index (χ4n) is 7.81. The van der Waals surface area contributed by atoms with Crippen molar-refractivity contribution in [3.63, 3.8) is 0 Å². The number of para-hydroxylation sites is 1. The van der Waals surface area contributed by atoms with E-state index in [1.807, 2.05) is 6.07 Å². The molecule has 1 fully saturated rings. The van der Waals surface area contributed by atoms with Crippen molar-refractivity contribution in [3.8, 4) is 11.5 Å². The summed E-state index contributed by atoms with van der Waals surface area (Å²) in [6.07, 6.45) is 7.64. The lowest BCUT2D eigenvalue weighted by atomic mass is 9.51. The molecule has 2 bridgehead atoms. The van der Waals surface area contributed by atoms with Gasteiger partial charge in [0.25, 0.3) is 0 Å². The number of ether oxygens (including phenoxy) is 1. The summed E-state index contributed by atoms with van der Waals surface area (Å²) in [6.45, 7) is 2.00. The van der Waals surface area contributed by atoms with Gasteiger partial charge in [-0.3, -0.25) is 4.90 Å². The monoisotopic (exact) mass is 460 g/mol. The van der Waals surface area contributed by atoms with Crippen molar-refractivity contribution in [2.24, 2.45) is 5.92 Å². The molecule has 1 aromatic heterocycles. The van der Waals surface area contributed by atoms with E-state index in [1.54, 1.807) is 0 Å². The molecule has 0 amide bonds. The Morgan fingerprint density at radius 1 is 1.03 bits per heavy atom. The minimum absolute atomic E-state index is 0.0597. The van der Waals surface area contributed by atoms with Crippen LogP contribution in [0.1, 0.15) is 40.5 Å². The number of piperidine rings is 1. The van der Waals surface area contributed by atoms with Crippen LogP contribution < -0.4 is 4.74 Å². The average molecular weight is 461 g/mol. The largest absolute Gasteiger partial charge is 0.504 e. The van der Waals surface area contributed by atoms with Crippen molar-refractivity contribution in [2.45, 2.75) is 36.8 Å². The standard InChI is InChI=1S/C31H28N2O2/c34-26-13-12-20-17-25-23-18-22-21-10-4-5-11-24(21)32-28(22)30-31(23,27(20)29(26)35-30)14-16-33(25)15-6-9-19-7-2-1-3-8-19/h1-13,23,25,30,32,34H,14-18H2/t23?,25?,30?,31-/m0/s1. The van der Waals surface area contributed by atoms with E-state index in [4.69, 9.17) is 4.74 Å². The van der Waals surface area contributed by atoms with E-state index in [0.717, 1.165) is 38.1 Å². The Kier molecular flexibility index (Phi) is 3.96. The lowest BCUT2D eigenvalue weighted by Gasteiger charge is -2.57. The molecule has 2 aliphatic heterocycles. The van der Waals surface area contributed by atoms with Crippen LogP contribution in [0.25, 0.3) is 17.0 Å². The minimum Gasteiger partial charge on any atom is -0.504 e. The summed E-state index contributed by atoms with van der Waals surface area (Å²) < 4.78 is 6.73. The molecule has 2 N–H and O–H groups in total. The molecule has 0 saturated carbocycles. The molecule has 8 rings (SSSR count). The van der Waals surface area contributed by atoms with Crippen LogP contribution in [0, 0.1) is 5.92 Å². The molecule has 4 aromatic rings. The maximum absolute atomic E-state index is 10.8. The van der Waals surface area contributed by atoms with Gasteiger partial charge in [-0.1, -0.05) is 66.7 Å². The van der Waals surface area contributed by atoms with E-state index >= 15 is 0 Å². The van der Waals surface area contributed by atoms with Crippen LogP contribution in [0.15, 0.2) is 72.8 Å². The summed E-state index contributed by atoms with van der Waals surface area (Å²) in [5, 5.41) is 12.1. The fourth-order valence-corrected chi connectivity index (χ4v) is 7.81. The van der Waals surface area contributed by atoms with Crippen LogP contribution in [0.4, 0.5) is 0 Å². The summed E-state index contributed by atoms with van der Waals surface area (Å²) in [4.78, 5) is 6.43. The van der Waals surface area contributed by atoms with Crippen LogP contribution in [-0.4, -0.2) is 34.1 Å². The van der Waals surface area contributed by atoms with E-state index in [2.05, 4.69) is 82.7 Å². The fraction of sp³-hybridized carbons (Fsp3) is 0.290. The van der Waals surface area contributed by atoms with Gasteiger partial charge in [-0.15, -0.1) is 0 Å². The van der Waals surface area contributed by atoms with Crippen LogP contribution in [0.2, 0.25) is 0 Å². The highest BCUT2D eigenvalue weighted by Crippen LogP contribution is 2.67. The number of H-pyrrole nitrogens is 1. The van der Waals surface area contributed by atoms with E-state index in [9.17, 15) is 5.11 Å². The van der Waals surface area contributed by atoms with Gasteiger partial charge in [-0.05, 0) is 60.5 Å². The quantitative estimate of drug-likeness (QED) is 0.409. The molecule has 2 aliphatic carbocycles. The zero-order valence-electron chi connectivity index (χ0n) is 19.6. The average Bonchev–Trinajstić information content (AvgIpc) is 3.43. The number of likely N-dealkylation sites (tertiary alicyclic amines) is 1. The second-order valence-electron chi connectivity index (χ2n) is 10.7. The maximum atomic E-state index is 10.8. The number of hydrogen-bond acceptors (Lipinski definition) is 3. The van der Waals surface area contributed by atoms with Crippen molar-refractivity contribution >= 4 is 17.0 Å². The highest BCUT2D eigenvalue weighted by molar-refractivity contribution is 5.86. The van der Waals surface area contributed by atoms with Crippen molar-refractivity contribution in [3.05, 3.63) is 101 Å². The van der Waals surface area contributed by atoms with Crippen LogP contribution in [0.3, 0.4) is 0 Å². The zero-order chi connectivity index (χ0) is 23.1. The van der Waals surface area contributed by atoms with E-state index in [-0.39, 0.29) is 17.3 Å². The van der Waals surface area contributed by atoms with Crippen molar-refractivity contribution in [2.75, 3.05) is 13.1 Å². The van der Waals surface area contributed by atoms with Gasteiger partial charge in [0.1, 0.15) is 6.10 Å². The molecule has 0 radical (unpaired) electrons. The van der Waals surface area contributed by atoms with Crippen molar-refractivity contribution < 1.29 is 9.84 Å². The minimum atomic E-state index is -0.0696. The first kappa shape index (κ1) is 19.8. The number of nitrogens with one attached hydrogen (secondary N) is 1. The van der Waals surface area contributed by atoms with Gasteiger partial charge in [0.2, 0.25) is 0 Å². The molecule has 4 heteroatoms. The van der Waals surface area contributed by atoms with Gasteiger partial charge >= 0.3 is 0 Å². The van der Waals surface area contributed by atoms with Crippen LogP contribution in [-0.2, 0) is 18.3 Å². The maximum Gasteiger partial charge on any atom is 0.166 e. The molecule has 1 saturated heterocycles. The summed E-state index contributed by atoms with van der Waals surface area (Å²) in [6, 6.07) is 23.7. The Morgan fingerprint density at radius 3 is 2.80 bits per heavy atom. The first-order valence-corrected chi connectivity index (χ1v) is 12.8. The number of fused-ring (bicyclic) bond motifs is 4. The number of aromatic hydroxyl groups is 1. The molecule has 4 nitrogen and oxygen atoms in total. The Morgan fingerprint density at radius 2 is 1.89 bits per heavy atom. The van der Waals surface area contributed by atoms with Gasteiger partial charge in [0, 0.05) is 34.5 Å². The molecule has 3 aromatic carbocycles. The molecule has 4 atom stereocenters. The SMILES string of the molecule is Oc1ccc2c3c1OC1c4[nH]c5ccccc5c4CC4C(C2)N(CC=Cc2ccccc2)CC[C@]314. The van der Waals surface area contributed by atoms with Gasteiger partial charge in [0.05, 0.1) is 5.69 Å². The Hall–Kier alpha value is -3.50. The number of aromatic nitrogens is 1. The highest BCUT2D eigenvalue weighted by Gasteiger charge is 2.65. The molecule has 3 heterocycles. The van der Waals surface area contributed by atoms with Gasteiger partial charge < -0.3 is 14.8 Å². The van der Waals surface area contributed by atoms with E-state index in [1.165, 1.54) is 38.9 Å². The third kappa shape index (κ3) is 2.55. The van der Waals surface area contributed by atoms with Gasteiger partial charge in [-0.25, -0.2) is 0 Å². The summed E-state index contributed by atoms with van der Waals surface area (Å²) in [7, 11) is 0. The van der Waals surface area contributed by atoms with E-state index < -0.39 is 0 Å². The molecule has 4 aliphatic rings. The number of nitrogens with zero attached hydrogens (tertiary/aromatic N) is 1. The first-order valence-electron chi connectivity index (χ1n) is 12.8. The van der Waals surface area contributed by atoms with Crippen LogP contribution in [0.5, 0.6) is 11.5 Å². The first-order chi connectivity index (χ1) is 17.2. The Labute approximate surface area is 204 Å². The third-order valence-electron chi connectivity index (χ3n) is 9.21. The van der Waals surface area contributed by atoms with Gasteiger partial charge in [0.15, 0.2) is 11.5 Å². The van der Waals surface area contributed by atoms with Crippen molar-refractivity contribution in [1.29, 1.82) is 0 Å². The highest BCUT2D eigenvalue weighted by atomic mass is 16.5. The lowest BCUT2D eigenvalue weighted by molar-refractivity contribution is -0.0310. The predicted octanol–water partition coefficient (Wildman–Crippen LogP) is 5.76. The lowest BCUT2D eigenvalue weighted by Crippen LogP contribution is -2.62. The molecular formula is C31H28N2O2. The van der Waals surface area contributed by atoms with Crippen LogP contribution >= 0.6 is 0 Å². The summed E-state index contributed by atoms with van der Waals surface area (Å²) >= 11 is 0. The number of rotatable bonds is 3. The number of aromatic amines is 1. The topological polar surface area (TPSA) is 48.5 Å². The summed E-state index contributed by atoms with van der Waals surface area (Å²) in [5.41, 5.74) is 7.66. The molecule has 174 valence electrons. The number of benzene rings is 3. The smallest absolute Gasteiger partial charge is 0.166 e. The third-order valence-corrected chi connectivity index (χ3v) is 9.21. The molecule has 3 unspecified atom stereocenters. The Balaban J connectivity index is 1.25. The second kappa shape index (κ2) is 7.02. The summed E-state index contributed by atoms with van der Waals surface area (Å²) in [5.74, 6) is 1.49. The molecular weight excluding hydrogens is 432 g/mol. The zero-order valence-corrected chi connectivity index (χ0v) is 19.6. The van der Waals surface area contributed by atoms with E-state index in [0.29, 0.717) is 12.0 Å². The molecule has 1 spiro atoms. The number of phenolic OH excluding ortho intramolecular Hbond substituents is 1. The predicted molar refractivity (Wildman–Crippen MR) is 138 cm³/mol. The normalized spacial score (nSPS) is 28.2.